The van der Waals surface area contributed by atoms with E-state index in [9.17, 15) is 9.59 Å². The third-order valence-electron chi connectivity index (χ3n) is 3.13. The molecule has 23 heavy (non-hydrogen) atoms. The van der Waals surface area contributed by atoms with Gasteiger partial charge in [-0.25, -0.2) is 0 Å². The lowest BCUT2D eigenvalue weighted by atomic mass is 10.2. The maximum Gasteiger partial charge on any atom is 0.294 e. The number of furan rings is 1. The molecule has 0 spiro atoms. The SMILES string of the molecule is C#CCN1C(=O)S/C(=C/c2ccc(-c3cccc(Br)c3)o2)C1=O. The van der Waals surface area contributed by atoms with Crippen molar-refractivity contribution >= 4 is 44.9 Å². The molecular weight excluding hydrogens is 378 g/mol. The molecule has 0 aliphatic carbocycles. The van der Waals surface area contributed by atoms with E-state index in [1.54, 1.807) is 12.1 Å². The van der Waals surface area contributed by atoms with E-state index in [0.717, 1.165) is 26.7 Å². The van der Waals surface area contributed by atoms with Gasteiger partial charge in [-0.2, -0.15) is 0 Å². The normalized spacial score (nSPS) is 16.2. The van der Waals surface area contributed by atoms with Crippen molar-refractivity contribution in [3.05, 3.63) is 51.5 Å². The molecule has 4 nitrogen and oxygen atoms in total. The highest BCUT2D eigenvalue weighted by Gasteiger charge is 2.34. The molecule has 1 aromatic heterocycles. The molecule has 0 saturated carbocycles. The lowest BCUT2D eigenvalue weighted by Crippen LogP contribution is -2.28. The molecule has 3 rings (SSSR count). The van der Waals surface area contributed by atoms with Crippen molar-refractivity contribution in [2.75, 3.05) is 6.54 Å². The molecule has 0 radical (unpaired) electrons. The molecule has 1 aliphatic heterocycles. The van der Waals surface area contributed by atoms with E-state index in [1.165, 1.54) is 0 Å². The van der Waals surface area contributed by atoms with E-state index >= 15 is 0 Å². The summed E-state index contributed by atoms with van der Waals surface area (Å²) in [5, 5.41) is -0.363. The minimum atomic E-state index is -0.390. The summed E-state index contributed by atoms with van der Waals surface area (Å²) in [5.74, 6) is 3.10. The van der Waals surface area contributed by atoms with Crippen LogP contribution in [-0.2, 0) is 4.79 Å². The monoisotopic (exact) mass is 387 g/mol. The van der Waals surface area contributed by atoms with Crippen LogP contribution in [0.2, 0.25) is 0 Å². The summed E-state index contributed by atoms with van der Waals surface area (Å²) < 4.78 is 6.68. The first-order valence-electron chi connectivity index (χ1n) is 6.63. The minimum Gasteiger partial charge on any atom is -0.457 e. The van der Waals surface area contributed by atoms with E-state index in [4.69, 9.17) is 10.8 Å². The summed E-state index contributed by atoms with van der Waals surface area (Å²) in [6.45, 7) is -0.0244. The predicted octanol–water partition coefficient (Wildman–Crippen LogP) is 4.38. The van der Waals surface area contributed by atoms with Crippen molar-refractivity contribution in [1.82, 2.24) is 4.90 Å². The first kappa shape index (κ1) is 15.7. The molecule has 0 unspecified atom stereocenters. The topological polar surface area (TPSA) is 50.5 Å². The second kappa shape index (κ2) is 6.49. The molecule has 2 heterocycles. The first-order valence-corrected chi connectivity index (χ1v) is 8.24. The number of hydrogen-bond donors (Lipinski definition) is 0. The van der Waals surface area contributed by atoms with Crippen molar-refractivity contribution in [3.63, 3.8) is 0 Å². The Labute approximate surface area is 145 Å². The van der Waals surface area contributed by atoms with E-state index in [1.807, 2.05) is 30.3 Å². The molecule has 2 amide bonds. The Morgan fingerprint density at radius 2 is 2.13 bits per heavy atom. The number of rotatable bonds is 3. The Hall–Kier alpha value is -2.23. The summed E-state index contributed by atoms with van der Waals surface area (Å²) in [7, 11) is 0. The van der Waals surface area contributed by atoms with Crippen LogP contribution in [0.15, 0.2) is 50.2 Å². The van der Waals surface area contributed by atoms with Gasteiger partial charge >= 0.3 is 0 Å². The summed E-state index contributed by atoms with van der Waals surface area (Å²) in [5.41, 5.74) is 0.916. The Kier molecular flexibility index (Phi) is 4.42. The zero-order valence-corrected chi connectivity index (χ0v) is 14.2. The van der Waals surface area contributed by atoms with Gasteiger partial charge in [-0.1, -0.05) is 34.0 Å². The molecule has 1 aliphatic rings. The summed E-state index contributed by atoms with van der Waals surface area (Å²) in [6, 6.07) is 11.3. The van der Waals surface area contributed by atoms with E-state index in [-0.39, 0.29) is 11.8 Å². The van der Waals surface area contributed by atoms with Crippen LogP contribution in [0.4, 0.5) is 4.79 Å². The zero-order chi connectivity index (χ0) is 16.4. The molecule has 1 fully saturated rings. The number of carbonyl (C=O) groups excluding carboxylic acids is 2. The molecule has 6 heteroatoms. The van der Waals surface area contributed by atoms with Gasteiger partial charge in [0.2, 0.25) is 0 Å². The molecule has 0 N–H and O–H groups in total. The maximum absolute atomic E-state index is 12.1. The van der Waals surface area contributed by atoms with Gasteiger partial charge in [-0.05, 0) is 36.0 Å². The lowest BCUT2D eigenvalue weighted by molar-refractivity contribution is -0.122. The van der Waals surface area contributed by atoms with Crippen LogP contribution in [0.25, 0.3) is 17.4 Å². The Morgan fingerprint density at radius 3 is 2.87 bits per heavy atom. The van der Waals surface area contributed by atoms with Crippen LogP contribution in [0.5, 0.6) is 0 Å². The average molecular weight is 388 g/mol. The fourth-order valence-electron chi connectivity index (χ4n) is 2.08. The third-order valence-corrected chi connectivity index (χ3v) is 4.53. The van der Waals surface area contributed by atoms with Gasteiger partial charge in [0, 0.05) is 16.1 Å². The smallest absolute Gasteiger partial charge is 0.294 e. The number of carbonyl (C=O) groups is 2. The van der Waals surface area contributed by atoms with Crippen LogP contribution in [0, 0.1) is 12.3 Å². The minimum absolute atomic E-state index is 0.0244. The molecule has 0 atom stereocenters. The van der Waals surface area contributed by atoms with Crippen LogP contribution >= 0.6 is 27.7 Å². The van der Waals surface area contributed by atoms with E-state index in [0.29, 0.717) is 16.4 Å². The van der Waals surface area contributed by atoms with Crippen LogP contribution in [-0.4, -0.2) is 22.6 Å². The van der Waals surface area contributed by atoms with Crippen molar-refractivity contribution in [2.45, 2.75) is 0 Å². The third kappa shape index (κ3) is 3.26. The summed E-state index contributed by atoms with van der Waals surface area (Å²) >= 11 is 4.27. The molecule has 2 aromatic rings. The second-order valence-corrected chi connectivity index (χ2v) is 6.59. The van der Waals surface area contributed by atoms with Gasteiger partial charge in [0.1, 0.15) is 11.5 Å². The Balaban J connectivity index is 1.86. The van der Waals surface area contributed by atoms with Crippen LogP contribution in [0.1, 0.15) is 5.76 Å². The number of benzene rings is 1. The van der Waals surface area contributed by atoms with Crippen molar-refractivity contribution in [3.8, 4) is 23.7 Å². The van der Waals surface area contributed by atoms with Gasteiger partial charge in [-0.3, -0.25) is 14.5 Å². The number of terminal acetylenes is 1. The van der Waals surface area contributed by atoms with E-state index < -0.39 is 5.91 Å². The fourth-order valence-corrected chi connectivity index (χ4v) is 3.30. The molecule has 0 bridgehead atoms. The largest absolute Gasteiger partial charge is 0.457 e. The Bertz CT molecular complexity index is 863. The maximum atomic E-state index is 12.1. The number of imide groups is 1. The quantitative estimate of drug-likeness (QED) is 0.579. The lowest BCUT2D eigenvalue weighted by Gasteiger charge is -2.06. The summed E-state index contributed by atoms with van der Waals surface area (Å²) in [4.78, 5) is 25.2. The van der Waals surface area contributed by atoms with E-state index in [2.05, 4.69) is 21.9 Å². The fraction of sp³-hybridized carbons (Fsp3) is 0.0588. The van der Waals surface area contributed by atoms with Gasteiger partial charge in [0.25, 0.3) is 11.1 Å². The molecule has 114 valence electrons. The standard InChI is InChI=1S/C17H10BrNO3S/c1-2-8-19-16(20)15(23-17(19)21)10-13-6-7-14(22-13)11-4-3-5-12(18)9-11/h1,3-7,9-10H,8H2/b15-10+. The van der Waals surface area contributed by atoms with Crippen molar-refractivity contribution in [2.24, 2.45) is 0 Å². The highest BCUT2D eigenvalue weighted by molar-refractivity contribution is 9.10. The predicted molar refractivity (Wildman–Crippen MR) is 93.4 cm³/mol. The van der Waals surface area contributed by atoms with Crippen molar-refractivity contribution in [1.29, 1.82) is 0 Å². The van der Waals surface area contributed by atoms with Gasteiger partial charge in [0.15, 0.2) is 0 Å². The summed E-state index contributed by atoms with van der Waals surface area (Å²) in [6.07, 6.45) is 6.72. The highest BCUT2D eigenvalue weighted by Crippen LogP contribution is 2.33. The second-order valence-electron chi connectivity index (χ2n) is 4.68. The number of halogens is 1. The molecule has 1 saturated heterocycles. The van der Waals surface area contributed by atoms with Gasteiger partial charge < -0.3 is 4.42 Å². The van der Waals surface area contributed by atoms with Crippen molar-refractivity contribution < 1.29 is 14.0 Å². The van der Waals surface area contributed by atoms with Gasteiger partial charge in [0.05, 0.1) is 11.4 Å². The van der Waals surface area contributed by atoms with Gasteiger partial charge in [-0.15, -0.1) is 6.42 Å². The number of thioether (sulfide) groups is 1. The first-order chi connectivity index (χ1) is 11.1. The number of amides is 2. The number of nitrogens with zero attached hydrogens (tertiary/aromatic N) is 1. The van der Waals surface area contributed by atoms with Crippen LogP contribution < -0.4 is 0 Å². The van der Waals surface area contributed by atoms with Crippen LogP contribution in [0.3, 0.4) is 0 Å². The zero-order valence-electron chi connectivity index (χ0n) is 11.8. The Morgan fingerprint density at radius 1 is 1.30 bits per heavy atom. The molecule has 1 aromatic carbocycles. The molecular formula is C17H10BrNO3S. The number of hydrogen-bond acceptors (Lipinski definition) is 4. The average Bonchev–Trinajstić information content (AvgIpc) is 3.09. The highest BCUT2D eigenvalue weighted by atomic mass is 79.9.